The number of anilines is 1. The van der Waals surface area contributed by atoms with Gasteiger partial charge in [0.05, 0.1) is 11.4 Å². The zero-order chi connectivity index (χ0) is 19.0. The number of nitrogens with zero attached hydrogens (tertiary/aromatic N) is 6. The molecule has 0 bridgehead atoms. The van der Waals surface area contributed by atoms with Crippen LogP contribution in [0.1, 0.15) is 5.69 Å². The molecule has 0 saturated carbocycles. The van der Waals surface area contributed by atoms with Crippen molar-refractivity contribution in [1.82, 2.24) is 29.5 Å². The number of hydrogen-bond donors (Lipinski definition) is 1. The normalized spacial score (nSPS) is 11.0. The van der Waals surface area contributed by atoms with Gasteiger partial charge in [-0.3, -0.25) is 14.2 Å². The van der Waals surface area contributed by atoms with Crippen molar-refractivity contribution in [2.45, 2.75) is 13.5 Å². The quantitative estimate of drug-likeness (QED) is 0.560. The smallest absolute Gasteiger partial charge is 0.284 e. The Morgan fingerprint density at radius 3 is 2.78 bits per heavy atom. The Kier molecular flexibility index (Phi) is 4.42. The van der Waals surface area contributed by atoms with E-state index in [4.69, 9.17) is 11.6 Å². The van der Waals surface area contributed by atoms with Gasteiger partial charge in [-0.2, -0.15) is 4.68 Å². The SMILES string of the molecule is Cc1csc(NC(=O)Cn2cnc3c(nnn3-c3ccc(Cl)cc3)c2=O)n1. The van der Waals surface area contributed by atoms with Gasteiger partial charge in [0.25, 0.3) is 5.56 Å². The van der Waals surface area contributed by atoms with E-state index in [1.807, 2.05) is 12.3 Å². The summed E-state index contributed by atoms with van der Waals surface area (Å²) >= 11 is 7.21. The number of halogens is 1. The molecule has 0 atom stereocenters. The van der Waals surface area contributed by atoms with E-state index >= 15 is 0 Å². The van der Waals surface area contributed by atoms with Gasteiger partial charge < -0.3 is 5.32 Å². The van der Waals surface area contributed by atoms with Crippen LogP contribution in [0.5, 0.6) is 0 Å². The summed E-state index contributed by atoms with van der Waals surface area (Å²) in [6.07, 6.45) is 1.30. The van der Waals surface area contributed by atoms with Crippen LogP contribution in [-0.4, -0.2) is 35.4 Å². The number of nitrogens with one attached hydrogen (secondary N) is 1. The van der Waals surface area contributed by atoms with E-state index in [1.165, 1.54) is 26.9 Å². The van der Waals surface area contributed by atoms with Crippen LogP contribution in [0.4, 0.5) is 5.13 Å². The molecule has 1 aromatic carbocycles. The molecule has 0 fully saturated rings. The third-order valence-electron chi connectivity index (χ3n) is 3.68. The molecule has 0 aliphatic rings. The summed E-state index contributed by atoms with van der Waals surface area (Å²) in [5.74, 6) is -0.377. The molecule has 4 rings (SSSR count). The number of aryl methyl sites for hydroxylation is 1. The molecular formula is C16H12ClN7O2S. The van der Waals surface area contributed by atoms with E-state index in [1.54, 1.807) is 24.3 Å². The lowest BCUT2D eigenvalue weighted by molar-refractivity contribution is -0.116. The average Bonchev–Trinajstić information content (AvgIpc) is 3.25. The zero-order valence-electron chi connectivity index (χ0n) is 14.0. The second kappa shape index (κ2) is 6.89. The molecule has 136 valence electrons. The van der Waals surface area contributed by atoms with E-state index < -0.39 is 5.56 Å². The summed E-state index contributed by atoms with van der Waals surface area (Å²) in [7, 11) is 0. The number of hydrogen-bond acceptors (Lipinski definition) is 7. The largest absolute Gasteiger partial charge is 0.300 e. The number of aromatic nitrogens is 6. The number of carbonyl (C=O) groups is 1. The van der Waals surface area contributed by atoms with Gasteiger partial charge in [-0.25, -0.2) is 9.97 Å². The molecule has 0 radical (unpaired) electrons. The highest BCUT2D eigenvalue weighted by Gasteiger charge is 2.15. The van der Waals surface area contributed by atoms with Crippen LogP contribution in [0.25, 0.3) is 16.9 Å². The molecule has 0 aliphatic heterocycles. The molecule has 0 unspecified atom stereocenters. The highest BCUT2D eigenvalue weighted by atomic mass is 35.5. The molecule has 11 heteroatoms. The van der Waals surface area contributed by atoms with Crippen LogP contribution in [-0.2, 0) is 11.3 Å². The van der Waals surface area contributed by atoms with Crippen LogP contribution in [0.15, 0.2) is 40.8 Å². The summed E-state index contributed by atoms with van der Waals surface area (Å²) in [5, 5.41) is 13.4. The molecule has 1 amide bonds. The van der Waals surface area contributed by atoms with Gasteiger partial charge in [0.1, 0.15) is 12.9 Å². The summed E-state index contributed by atoms with van der Waals surface area (Å²) in [4.78, 5) is 33.2. The highest BCUT2D eigenvalue weighted by molar-refractivity contribution is 7.13. The average molecular weight is 402 g/mol. The molecule has 1 N–H and O–H groups in total. The number of carbonyl (C=O) groups excluding carboxylic acids is 1. The highest BCUT2D eigenvalue weighted by Crippen LogP contribution is 2.16. The Morgan fingerprint density at radius 2 is 2.07 bits per heavy atom. The molecular weight excluding hydrogens is 390 g/mol. The molecule has 4 aromatic rings. The lowest BCUT2D eigenvalue weighted by atomic mass is 10.3. The van der Waals surface area contributed by atoms with E-state index in [2.05, 4.69) is 25.6 Å². The molecule has 9 nitrogen and oxygen atoms in total. The van der Waals surface area contributed by atoms with Crippen molar-refractivity contribution in [3.05, 3.63) is 57.0 Å². The predicted molar refractivity (Wildman–Crippen MR) is 101 cm³/mol. The maximum Gasteiger partial charge on any atom is 0.284 e. The third-order valence-corrected chi connectivity index (χ3v) is 4.81. The number of benzene rings is 1. The maximum atomic E-state index is 12.6. The first-order valence-corrected chi connectivity index (χ1v) is 9.06. The lowest BCUT2D eigenvalue weighted by Gasteiger charge is -2.05. The Hall–Kier alpha value is -3.11. The van der Waals surface area contributed by atoms with Crippen molar-refractivity contribution < 1.29 is 4.79 Å². The monoisotopic (exact) mass is 401 g/mol. The van der Waals surface area contributed by atoms with Crippen LogP contribution in [0.2, 0.25) is 5.02 Å². The Balaban J connectivity index is 1.62. The summed E-state index contributed by atoms with van der Waals surface area (Å²) in [6.45, 7) is 1.63. The first kappa shape index (κ1) is 17.3. The molecule has 0 saturated heterocycles. The Bertz CT molecular complexity index is 1200. The van der Waals surface area contributed by atoms with Gasteiger partial charge >= 0.3 is 0 Å². The Labute approximate surface area is 161 Å². The molecule has 27 heavy (non-hydrogen) atoms. The number of amides is 1. The van der Waals surface area contributed by atoms with Crippen molar-refractivity contribution in [2.24, 2.45) is 0 Å². The zero-order valence-corrected chi connectivity index (χ0v) is 15.5. The van der Waals surface area contributed by atoms with E-state index in [-0.39, 0.29) is 18.0 Å². The van der Waals surface area contributed by atoms with E-state index in [0.29, 0.717) is 21.5 Å². The van der Waals surface area contributed by atoms with Crippen molar-refractivity contribution in [3.8, 4) is 5.69 Å². The van der Waals surface area contributed by atoms with Crippen molar-refractivity contribution >= 4 is 45.1 Å². The van der Waals surface area contributed by atoms with Gasteiger partial charge in [0.15, 0.2) is 16.3 Å². The lowest BCUT2D eigenvalue weighted by Crippen LogP contribution is -2.28. The topological polar surface area (TPSA) is 108 Å². The minimum absolute atomic E-state index is 0.0744. The summed E-state index contributed by atoms with van der Waals surface area (Å²) in [6, 6.07) is 6.90. The van der Waals surface area contributed by atoms with Crippen LogP contribution < -0.4 is 10.9 Å². The first-order chi connectivity index (χ1) is 13.0. The molecule has 0 spiro atoms. The number of fused-ring (bicyclic) bond motifs is 1. The van der Waals surface area contributed by atoms with Crippen molar-refractivity contribution in [3.63, 3.8) is 0 Å². The van der Waals surface area contributed by atoms with Gasteiger partial charge in [-0.15, -0.1) is 16.4 Å². The van der Waals surface area contributed by atoms with Crippen molar-refractivity contribution in [1.29, 1.82) is 0 Å². The predicted octanol–water partition coefficient (Wildman–Crippen LogP) is 2.03. The fourth-order valence-corrected chi connectivity index (χ4v) is 3.27. The Morgan fingerprint density at radius 1 is 1.30 bits per heavy atom. The number of thiazole rings is 1. The van der Waals surface area contributed by atoms with Gasteiger partial charge in [-0.1, -0.05) is 16.8 Å². The second-order valence-electron chi connectivity index (χ2n) is 5.67. The summed E-state index contributed by atoms with van der Waals surface area (Å²) < 4.78 is 2.62. The first-order valence-electron chi connectivity index (χ1n) is 7.80. The fourth-order valence-electron chi connectivity index (χ4n) is 2.44. The molecule has 0 aliphatic carbocycles. The molecule has 3 heterocycles. The third kappa shape index (κ3) is 3.44. The van der Waals surface area contributed by atoms with Gasteiger partial charge in [0, 0.05) is 10.4 Å². The van der Waals surface area contributed by atoms with E-state index in [0.717, 1.165) is 5.69 Å². The fraction of sp³-hybridized carbons (Fsp3) is 0.125. The number of rotatable bonds is 4. The molecule has 3 aromatic heterocycles. The second-order valence-corrected chi connectivity index (χ2v) is 6.96. The standard InChI is InChI=1S/C16H12ClN7O2S/c1-9-7-27-16(19-9)20-12(25)6-23-8-18-14-13(15(23)26)21-22-24(14)11-4-2-10(17)3-5-11/h2-5,7-8H,6H2,1H3,(H,19,20,25). The maximum absolute atomic E-state index is 12.6. The van der Waals surface area contributed by atoms with Gasteiger partial charge in [0.2, 0.25) is 5.91 Å². The van der Waals surface area contributed by atoms with Crippen LogP contribution >= 0.6 is 22.9 Å². The minimum Gasteiger partial charge on any atom is -0.300 e. The summed E-state index contributed by atoms with van der Waals surface area (Å²) in [5.41, 5.74) is 1.41. The van der Waals surface area contributed by atoms with E-state index in [9.17, 15) is 9.59 Å². The van der Waals surface area contributed by atoms with Gasteiger partial charge in [-0.05, 0) is 31.2 Å². The minimum atomic E-state index is -0.453. The van der Waals surface area contributed by atoms with Crippen molar-refractivity contribution in [2.75, 3.05) is 5.32 Å². The van der Waals surface area contributed by atoms with Crippen LogP contribution in [0.3, 0.4) is 0 Å². The van der Waals surface area contributed by atoms with Crippen LogP contribution in [0, 0.1) is 6.92 Å².